The minimum atomic E-state index is 0.309. The molecule has 1 aromatic rings. The smallest absolute Gasteiger partial charge is 0.168 e. The topological polar surface area (TPSA) is 50.1 Å². The maximum absolute atomic E-state index is 4.42. The van der Waals surface area contributed by atoms with Crippen molar-refractivity contribution in [3.63, 3.8) is 0 Å². The van der Waals surface area contributed by atoms with E-state index in [1.165, 1.54) is 45.2 Å². The number of hydrogen-bond donors (Lipinski definition) is 0. The molecule has 0 unspecified atom stereocenters. The zero-order valence-electron chi connectivity index (χ0n) is 16.6. The molecule has 0 radical (unpaired) electrons. The standard InChI is InChI=1S/C19H36N6/c1-15(2)14-18(19-20-21-22-25(19)16(3)4)24-12-10-23(11-13-24)17-8-6-5-7-9-17/h15-18H,5-14H2,1-4H3/t18-/m1/s1. The Morgan fingerprint density at radius 3 is 2.24 bits per heavy atom. The molecule has 0 N–H and O–H groups in total. The molecule has 6 heteroatoms. The van der Waals surface area contributed by atoms with Crippen molar-refractivity contribution in [3.8, 4) is 0 Å². The molecule has 2 aliphatic rings. The van der Waals surface area contributed by atoms with Crippen molar-refractivity contribution in [2.24, 2.45) is 5.92 Å². The van der Waals surface area contributed by atoms with Crippen LogP contribution in [-0.4, -0.2) is 62.2 Å². The van der Waals surface area contributed by atoms with Crippen LogP contribution in [0.5, 0.6) is 0 Å². The van der Waals surface area contributed by atoms with Gasteiger partial charge < -0.3 is 0 Å². The molecule has 142 valence electrons. The van der Waals surface area contributed by atoms with Crippen LogP contribution in [0, 0.1) is 5.92 Å². The Morgan fingerprint density at radius 1 is 0.960 bits per heavy atom. The lowest BCUT2D eigenvalue weighted by molar-refractivity contribution is 0.0464. The molecular weight excluding hydrogens is 312 g/mol. The van der Waals surface area contributed by atoms with E-state index in [1.807, 2.05) is 4.68 Å². The lowest BCUT2D eigenvalue weighted by Crippen LogP contribution is -2.52. The number of rotatable bonds is 6. The third-order valence-corrected chi connectivity index (χ3v) is 5.88. The lowest BCUT2D eigenvalue weighted by Gasteiger charge is -2.43. The van der Waals surface area contributed by atoms with Crippen molar-refractivity contribution >= 4 is 0 Å². The molecule has 0 aromatic carbocycles. The van der Waals surface area contributed by atoms with E-state index in [-0.39, 0.29) is 0 Å². The number of piperazine rings is 1. The predicted octanol–water partition coefficient (Wildman–Crippen LogP) is 3.29. The molecule has 0 bridgehead atoms. The maximum Gasteiger partial charge on any atom is 0.168 e. The van der Waals surface area contributed by atoms with Crippen molar-refractivity contribution in [3.05, 3.63) is 5.82 Å². The normalized spacial score (nSPS) is 22.8. The fraction of sp³-hybridized carbons (Fsp3) is 0.947. The number of hydrogen-bond acceptors (Lipinski definition) is 5. The van der Waals surface area contributed by atoms with Crippen molar-refractivity contribution < 1.29 is 0 Å². The summed E-state index contributed by atoms with van der Waals surface area (Å²) in [6, 6.07) is 1.48. The summed E-state index contributed by atoms with van der Waals surface area (Å²) in [5, 5.41) is 12.6. The minimum Gasteiger partial charge on any atom is -0.298 e. The van der Waals surface area contributed by atoms with E-state index >= 15 is 0 Å². The van der Waals surface area contributed by atoms with E-state index in [1.54, 1.807) is 0 Å². The van der Waals surface area contributed by atoms with Crippen LogP contribution in [0.4, 0.5) is 0 Å². The molecule has 1 saturated carbocycles. The Hall–Kier alpha value is -1.01. The second-order valence-electron chi connectivity index (χ2n) is 8.58. The monoisotopic (exact) mass is 348 g/mol. The minimum absolute atomic E-state index is 0.309. The summed E-state index contributed by atoms with van der Waals surface area (Å²) < 4.78 is 2.01. The molecule has 0 spiro atoms. The van der Waals surface area contributed by atoms with Crippen molar-refractivity contribution in [1.82, 2.24) is 30.0 Å². The van der Waals surface area contributed by atoms with Gasteiger partial charge in [-0.25, -0.2) is 4.68 Å². The van der Waals surface area contributed by atoms with Gasteiger partial charge in [0.15, 0.2) is 5.82 Å². The molecule has 3 rings (SSSR count). The van der Waals surface area contributed by atoms with Crippen molar-refractivity contribution in [1.29, 1.82) is 0 Å². The second-order valence-corrected chi connectivity index (χ2v) is 8.58. The van der Waals surface area contributed by atoms with Gasteiger partial charge in [-0.3, -0.25) is 9.80 Å². The van der Waals surface area contributed by atoms with Gasteiger partial charge in [-0.05, 0) is 49.5 Å². The lowest BCUT2D eigenvalue weighted by atomic mass is 9.93. The average molecular weight is 349 g/mol. The van der Waals surface area contributed by atoms with Crippen LogP contribution in [0.25, 0.3) is 0 Å². The quantitative estimate of drug-likeness (QED) is 0.789. The predicted molar refractivity (Wildman–Crippen MR) is 100 cm³/mol. The Labute approximate surface area is 152 Å². The van der Waals surface area contributed by atoms with Gasteiger partial charge >= 0.3 is 0 Å². The summed E-state index contributed by atoms with van der Waals surface area (Å²) >= 11 is 0. The van der Waals surface area contributed by atoms with Crippen molar-refractivity contribution in [2.45, 2.75) is 84.3 Å². The Bertz CT molecular complexity index is 512. The molecule has 1 atom stereocenters. The molecule has 1 aromatic heterocycles. The first kappa shape index (κ1) is 18.8. The summed E-state index contributed by atoms with van der Waals surface area (Å²) in [6.07, 6.45) is 8.21. The summed E-state index contributed by atoms with van der Waals surface area (Å²) in [5.41, 5.74) is 0. The van der Waals surface area contributed by atoms with Crippen LogP contribution in [0.3, 0.4) is 0 Å². The highest BCUT2D eigenvalue weighted by Gasteiger charge is 2.32. The van der Waals surface area contributed by atoms with Gasteiger partial charge in [0, 0.05) is 32.2 Å². The zero-order valence-corrected chi connectivity index (χ0v) is 16.6. The molecule has 2 heterocycles. The van der Waals surface area contributed by atoms with E-state index in [4.69, 9.17) is 0 Å². The van der Waals surface area contributed by atoms with Crippen LogP contribution in [0.15, 0.2) is 0 Å². The second kappa shape index (κ2) is 8.58. The maximum atomic E-state index is 4.42. The van der Waals surface area contributed by atoms with E-state index in [0.29, 0.717) is 18.0 Å². The number of tetrazole rings is 1. The van der Waals surface area contributed by atoms with Crippen molar-refractivity contribution in [2.75, 3.05) is 26.2 Å². The van der Waals surface area contributed by atoms with Crippen LogP contribution in [0.1, 0.15) is 84.1 Å². The van der Waals surface area contributed by atoms with Gasteiger partial charge in [0.1, 0.15) is 0 Å². The third-order valence-electron chi connectivity index (χ3n) is 5.88. The van der Waals surface area contributed by atoms with Gasteiger partial charge in [-0.15, -0.1) is 5.10 Å². The van der Waals surface area contributed by atoms with Crippen LogP contribution < -0.4 is 0 Å². The first-order valence-corrected chi connectivity index (χ1v) is 10.3. The van der Waals surface area contributed by atoms with Crippen LogP contribution in [0.2, 0.25) is 0 Å². The highest BCUT2D eigenvalue weighted by Crippen LogP contribution is 2.30. The molecule has 1 aliphatic heterocycles. The highest BCUT2D eigenvalue weighted by molar-refractivity contribution is 4.97. The van der Waals surface area contributed by atoms with Gasteiger partial charge in [0.05, 0.1) is 12.1 Å². The van der Waals surface area contributed by atoms with Gasteiger partial charge in [-0.2, -0.15) is 0 Å². The molecule has 1 aliphatic carbocycles. The summed E-state index contributed by atoms with van der Waals surface area (Å²) in [7, 11) is 0. The van der Waals surface area contributed by atoms with Gasteiger partial charge in [0.25, 0.3) is 0 Å². The molecule has 0 amide bonds. The largest absolute Gasteiger partial charge is 0.298 e. The Morgan fingerprint density at radius 2 is 1.64 bits per heavy atom. The fourth-order valence-corrected chi connectivity index (χ4v) is 4.51. The highest BCUT2D eigenvalue weighted by atomic mass is 15.6. The molecule has 1 saturated heterocycles. The van der Waals surface area contributed by atoms with E-state index in [9.17, 15) is 0 Å². The summed E-state index contributed by atoms with van der Waals surface area (Å²) in [4.78, 5) is 5.37. The first-order chi connectivity index (χ1) is 12.1. The van der Waals surface area contributed by atoms with E-state index < -0.39 is 0 Å². The average Bonchev–Trinajstić information content (AvgIpc) is 3.10. The molecule has 2 fully saturated rings. The number of nitrogens with zero attached hydrogens (tertiary/aromatic N) is 6. The van der Waals surface area contributed by atoms with Crippen LogP contribution >= 0.6 is 0 Å². The third kappa shape index (κ3) is 4.59. The fourth-order valence-electron chi connectivity index (χ4n) is 4.51. The Balaban J connectivity index is 1.67. The van der Waals surface area contributed by atoms with Gasteiger partial charge in [0.2, 0.25) is 0 Å². The molecule has 25 heavy (non-hydrogen) atoms. The first-order valence-electron chi connectivity index (χ1n) is 10.3. The summed E-state index contributed by atoms with van der Waals surface area (Å²) in [6.45, 7) is 13.6. The summed E-state index contributed by atoms with van der Waals surface area (Å²) in [5.74, 6) is 1.69. The molecule has 6 nitrogen and oxygen atoms in total. The SMILES string of the molecule is CC(C)C[C@H](c1nnnn1C(C)C)N1CCN(C2CCCCC2)CC1. The van der Waals surface area contributed by atoms with Crippen LogP contribution in [-0.2, 0) is 0 Å². The van der Waals surface area contributed by atoms with E-state index in [0.717, 1.165) is 31.4 Å². The zero-order chi connectivity index (χ0) is 17.8. The molecular formula is C19H36N6. The Kier molecular flexibility index (Phi) is 6.44. The van der Waals surface area contributed by atoms with Gasteiger partial charge in [-0.1, -0.05) is 33.1 Å². The van der Waals surface area contributed by atoms with E-state index in [2.05, 4.69) is 53.0 Å². The number of aromatic nitrogens is 4.